The fourth-order valence-electron chi connectivity index (χ4n) is 1.41. The summed E-state index contributed by atoms with van der Waals surface area (Å²) in [6.45, 7) is 1.72. The van der Waals surface area contributed by atoms with Gasteiger partial charge >= 0.3 is 5.97 Å². The molecule has 0 radical (unpaired) electrons. The Morgan fingerprint density at radius 2 is 2.15 bits per heavy atom. The molecule has 0 aliphatic heterocycles. The molecule has 0 bridgehead atoms. The number of hydrogen-bond donors (Lipinski definition) is 0. The van der Waals surface area contributed by atoms with Crippen LogP contribution in [0.3, 0.4) is 0 Å². The lowest BCUT2D eigenvalue weighted by atomic mass is 10.0. The molecule has 5 nitrogen and oxygen atoms in total. The van der Waals surface area contributed by atoms with E-state index in [1.165, 1.54) is 17.3 Å². The van der Waals surface area contributed by atoms with Crippen molar-refractivity contribution in [3.8, 4) is 0 Å². The van der Waals surface area contributed by atoms with E-state index < -0.39 is 22.7 Å². The maximum atomic E-state index is 13.8. The van der Waals surface area contributed by atoms with Crippen LogP contribution in [0, 0.1) is 5.82 Å². The Labute approximate surface area is 121 Å². The molecule has 0 saturated heterocycles. The zero-order valence-electron chi connectivity index (χ0n) is 11.3. The molecule has 0 N–H and O–H groups in total. The summed E-state index contributed by atoms with van der Waals surface area (Å²) in [6, 6.07) is 1.16. The summed E-state index contributed by atoms with van der Waals surface area (Å²) < 4.78 is 18.6. The molecule has 0 unspecified atom stereocenters. The number of hydrogen-bond acceptors (Lipinski definition) is 5. The second kappa shape index (κ2) is 7.00. The predicted octanol–water partition coefficient (Wildman–Crippen LogP) is 2.07. The van der Waals surface area contributed by atoms with E-state index >= 15 is 0 Å². The smallest absolute Gasteiger partial charge is 0.343 e. The Balaban J connectivity index is 3.24. The van der Waals surface area contributed by atoms with Gasteiger partial charge in [-0.15, -0.1) is 0 Å². The third kappa shape index (κ3) is 3.77. The molecule has 0 saturated carbocycles. The third-order valence-electron chi connectivity index (χ3n) is 2.22. The van der Waals surface area contributed by atoms with Crippen LogP contribution in [0.15, 0.2) is 24.0 Å². The van der Waals surface area contributed by atoms with Crippen LogP contribution in [0.5, 0.6) is 0 Å². The van der Waals surface area contributed by atoms with Gasteiger partial charge in [0.1, 0.15) is 5.57 Å². The molecular formula is C13H14ClFN2O3. The molecule has 1 rings (SSSR count). The molecule has 1 aromatic heterocycles. The van der Waals surface area contributed by atoms with Crippen LogP contribution in [0.4, 0.5) is 4.39 Å². The van der Waals surface area contributed by atoms with E-state index in [4.69, 9.17) is 16.3 Å². The van der Waals surface area contributed by atoms with E-state index in [1.807, 2.05) is 0 Å². The van der Waals surface area contributed by atoms with Gasteiger partial charge in [0.15, 0.2) is 11.0 Å². The SMILES string of the molecule is CCOC(=O)/C(=C\N(C)C)C(=O)c1ccnc(Cl)c1F. The molecule has 1 aromatic rings. The third-order valence-corrected chi connectivity index (χ3v) is 2.48. The molecule has 7 heteroatoms. The van der Waals surface area contributed by atoms with Gasteiger partial charge in [0, 0.05) is 26.5 Å². The first-order chi connectivity index (χ1) is 9.38. The van der Waals surface area contributed by atoms with Crippen molar-refractivity contribution in [2.24, 2.45) is 0 Å². The quantitative estimate of drug-likeness (QED) is 0.208. The van der Waals surface area contributed by atoms with Gasteiger partial charge in [-0.3, -0.25) is 4.79 Å². The molecule has 0 spiro atoms. The number of carbonyl (C=O) groups excluding carboxylic acids is 2. The number of nitrogens with zero attached hydrogens (tertiary/aromatic N) is 2. The topological polar surface area (TPSA) is 59.5 Å². The van der Waals surface area contributed by atoms with Crippen LogP contribution in [-0.2, 0) is 9.53 Å². The summed E-state index contributed by atoms with van der Waals surface area (Å²) in [7, 11) is 3.25. The summed E-state index contributed by atoms with van der Waals surface area (Å²) in [4.78, 5) is 29.0. The van der Waals surface area contributed by atoms with Gasteiger partial charge in [-0.1, -0.05) is 11.6 Å². The Morgan fingerprint density at radius 3 is 2.70 bits per heavy atom. The van der Waals surface area contributed by atoms with E-state index in [0.717, 1.165) is 6.07 Å². The second-order valence-electron chi connectivity index (χ2n) is 4.02. The highest BCUT2D eigenvalue weighted by Crippen LogP contribution is 2.19. The van der Waals surface area contributed by atoms with Crippen molar-refractivity contribution in [2.45, 2.75) is 6.92 Å². The summed E-state index contributed by atoms with van der Waals surface area (Å²) in [5, 5.41) is -0.427. The van der Waals surface area contributed by atoms with Crippen molar-refractivity contribution in [1.82, 2.24) is 9.88 Å². The standard InChI is InChI=1S/C13H14ClFN2O3/c1-4-20-13(19)9(7-17(2)3)11(18)8-5-6-16-12(14)10(8)15/h5-7H,4H2,1-3H3/b9-7-. The first kappa shape index (κ1) is 16.1. The number of esters is 1. The van der Waals surface area contributed by atoms with Crippen LogP contribution in [0.2, 0.25) is 5.15 Å². The van der Waals surface area contributed by atoms with Crippen molar-refractivity contribution < 1.29 is 18.7 Å². The second-order valence-corrected chi connectivity index (χ2v) is 4.38. The van der Waals surface area contributed by atoms with Gasteiger partial charge in [0.05, 0.1) is 12.2 Å². The molecule has 0 atom stereocenters. The fourth-order valence-corrected chi connectivity index (χ4v) is 1.57. The van der Waals surface area contributed by atoms with E-state index in [-0.39, 0.29) is 17.7 Å². The molecule has 0 aliphatic carbocycles. The van der Waals surface area contributed by atoms with Crippen LogP contribution in [-0.4, -0.2) is 42.3 Å². The molecule has 108 valence electrons. The Hall–Kier alpha value is -1.95. The minimum Gasteiger partial charge on any atom is -0.462 e. The fraction of sp³-hybridized carbons (Fsp3) is 0.308. The van der Waals surface area contributed by atoms with E-state index in [0.29, 0.717) is 0 Å². The van der Waals surface area contributed by atoms with Crippen LogP contribution in [0.1, 0.15) is 17.3 Å². The normalized spacial score (nSPS) is 11.2. The van der Waals surface area contributed by atoms with Crippen molar-refractivity contribution in [3.63, 3.8) is 0 Å². The van der Waals surface area contributed by atoms with Gasteiger partial charge in [0.25, 0.3) is 0 Å². The van der Waals surface area contributed by atoms with Crippen molar-refractivity contribution >= 4 is 23.4 Å². The lowest BCUT2D eigenvalue weighted by Crippen LogP contribution is -2.20. The lowest BCUT2D eigenvalue weighted by Gasteiger charge is -2.11. The number of ether oxygens (including phenoxy) is 1. The molecule has 20 heavy (non-hydrogen) atoms. The predicted molar refractivity (Wildman–Crippen MR) is 71.9 cm³/mol. The minimum atomic E-state index is -0.965. The molecule has 0 aliphatic rings. The van der Waals surface area contributed by atoms with Gasteiger partial charge in [-0.25, -0.2) is 14.2 Å². The maximum absolute atomic E-state index is 13.8. The molecule has 0 amide bonds. The van der Waals surface area contributed by atoms with E-state index in [1.54, 1.807) is 21.0 Å². The Bertz CT molecular complexity index is 559. The lowest BCUT2D eigenvalue weighted by molar-refractivity contribution is -0.138. The zero-order chi connectivity index (χ0) is 15.3. The highest BCUT2D eigenvalue weighted by atomic mass is 35.5. The largest absolute Gasteiger partial charge is 0.462 e. The summed E-state index contributed by atoms with van der Waals surface area (Å²) in [5.74, 6) is -2.59. The van der Waals surface area contributed by atoms with Crippen molar-refractivity contribution in [1.29, 1.82) is 0 Å². The summed E-state index contributed by atoms with van der Waals surface area (Å²) >= 11 is 5.52. The maximum Gasteiger partial charge on any atom is 0.343 e. The first-order valence-corrected chi connectivity index (χ1v) is 6.16. The molecule has 0 fully saturated rings. The number of carbonyl (C=O) groups is 2. The number of Topliss-reactive ketones (excluding diaryl/α,β-unsaturated/α-hetero) is 1. The van der Waals surface area contributed by atoms with Gasteiger partial charge in [0.2, 0.25) is 5.78 Å². The summed E-state index contributed by atoms with van der Waals surface area (Å²) in [5.41, 5.74) is -0.607. The van der Waals surface area contributed by atoms with E-state index in [9.17, 15) is 14.0 Å². The van der Waals surface area contributed by atoms with Gasteiger partial charge in [-0.05, 0) is 13.0 Å². The molecular weight excluding hydrogens is 287 g/mol. The first-order valence-electron chi connectivity index (χ1n) is 5.78. The molecule has 1 heterocycles. The van der Waals surface area contributed by atoms with Crippen LogP contribution < -0.4 is 0 Å². The Kier molecular flexibility index (Phi) is 5.64. The number of ketones is 1. The average molecular weight is 301 g/mol. The minimum absolute atomic E-state index is 0.108. The highest BCUT2D eigenvalue weighted by molar-refractivity contribution is 6.31. The number of aromatic nitrogens is 1. The van der Waals surface area contributed by atoms with Gasteiger partial charge in [-0.2, -0.15) is 0 Å². The average Bonchev–Trinajstić information content (AvgIpc) is 2.38. The van der Waals surface area contributed by atoms with Crippen LogP contribution in [0.25, 0.3) is 0 Å². The molecule has 0 aromatic carbocycles. The van der Waals surface area contributed by atoms with Crippen molar-refractivity contribution in [2.75, 3.05) is 20.7 Å². The van der Waals surface area contributed by atoms with Gasteiger partial charge < -0.3 is 9.64 Å². The Morgan fingerprint density at radius 1 is 1.50 bits per heavy atom. The summed E-state index contributed by atoms with van der Waals surface area (Å²) in [6.07, 6.45) is 2.46. The van der Waals surface area contributed by atoms with E-state index in [2.05, 4.69) is 4.98 Å². The number of rotatable bonds is 5. The number of pyridine rings is 1. The monoisotopic (exact) mass is 300 g/mol. The van der Waals surface area contributed by atoms with Crippen molar-refractivity contribution in [3.05, 3.63) is 40.6 Å². The van der Waals surface area contributed by atoms with Crippen LogP contribution >= 0.6 is 11.6 Å². The number of halogens is 2. The highest BCUT2D eigenvalue weighted by Gasteiger charge is 2.25. The zero-order valence-corrected chi connectivity index (χ0v) is 12.1.